The Morgan fingerprint density at radius 2 is 1.61 bits per heavy atom. The Balaban J connectivity index is 2.07. The molecular formula is C30H35Cl2N3O5S. The SMILES string of the molecule is CC[C@@H](C)NC(=O)[C@H](Cc1ccccc1)N(Cc1ccc(Cl)c(Cl)c1)C(=O)CN(c1ccc(OC)cc1)S(C)(=O)=O. The van der Waals surface area contributed by atoms with Crippen LogP contribution in [0.5, 0.6) is 5.75 Å². The Labute approximate surface area is 252 Å². The van der Waals surface area contributed by atoms with Crippen LogP contribution in [0.4, 0.5) is 5.69 Å². The zero-order chi connectivity index (χ0) is 30.2. The van der Waals surface area contributed by atoms with Crippen LogP contribution in [0.1, 0.15) is 31.4 Å². The number of amides is 2. The minimum atomic E-state index is -3.87. The zero-order valence-corrected chi connectivity index (χ0v) is 25.8. The van der Waals surface area contributed by atoms with Gasteiger partial charge in [-0.15, -0.1) is 0 Å². The summed E-state index contributed by atoms with van der Waals surface area (Å²) in [4.78, 5) is 29.2. The molecule has 0 bridgehead atoms. The molecule has 0 radical (unpaired) electrons. The molecule has 1 N–H and O–H groups in total. The van der Waals surface area contributed by atoms with Crippen LogP contribution < -0.4 is 14.4 Å². The first-order valence-corrected chi connectivity index (χ1v) is 15.7. The average molecular weight is 621 g/mol. The van der Waals surface area contributed by atoms with Gasteiger partial charge in [0, 0.05) is 19.0 Å². The van der Waals surface area contributed by atoms with Gasteiger partial charge in [0.2, 0.25) is 21.8 Å². The molecule has 2 atom stereocenters. The van der Waals surface area contributed by atoms with Crippen LogP contribution in [-0.4, -0.2) is 57.1 Å². The molecule has 8 nitrogen and oxygen atoms in total. The van der Waals surface area contributed by atoms with E-state index in [9.17, 15) is 18.0 Å². The molecule has 2 amide bonds. The third-order valence-corrected chi connectivity index (χ3v) is 8.53. The maximum atomic E-state index is 14.1. The molecule has 0 spiro atoms. The lowest BCUT2D eigenvalue weighted by molar-refractivity contribution is -0.140. The summed E-state index contributed by atoms with van der Waals surface area (Å²) in [5, 5.41) is 3.65. The summed E-state index contributed by atoms with van der Waals surface area (Å²) in [6, 6.07) is 19.6. The summed E-state index contributed by atoms with van der Waals surface area (Å²) in [6.07, 6.45) is 1.95. The smallest absolute Gasteiger partial charge is 0.244 e. The zero-order valence-electron chi connectivity index (χ0n) is 23.5. The lowest BCUT2D eigenvalue weighted by Gasteiger charge is -2.34. The lowest BCUT2D eigenvalue weighted by atomic mass is 10.0. The van der Waals surface area contributed by atoms with Gasteiger partial charge in [-0.2, -0.15) is 0 Å². The summed E-state index contributed by atoms with van der Waals surface area (Å²) in [7, 11) is -2.37. The number of rotatable bonds is 13. The Morgan fingerprint density at radius 3 is 2.17 bits per heavy atom. The highest BCUT2D eigenvalue weighted by molar-refractivity contribution is 7.92. The fourth-order valence-electron chi connectivity index (χ4n) is 4.19. The number of methoxy groups -OCH3 is 1. The second kappa shape index (κ2) is 14.6. The standard InChI is InChI=1S/C30H35Cl2N3O5S/c1-5-21(2)33-30(37)28(18-22-9-7-6-8-10-22)34(19-23-11-16-26(31)27(32)17-23)29(36)20-35(41(4,38)39)24-12-14-25(40-3)15-13-24/h6-17,21,28H,5,18-20H2,1-4H3,(H,33,37)/t21-,28+/m1/s1. The van der Waals surface area contributed by atoms with Crippen LogP contribution in [0, 0.1) is 0 Å². The first-order valence-electron chi connectivity index (χ1n) is 13.1. The Kier molecular flexibility index (Phi) is 11.5. The maximum absolute atomic E-state index is 14.1. The number of carbonyl (C=O) groups excluding carboxylic acids is 2. The Bertz CT molecular complexity index is 1440. The van der Waals surface area contributed by atoms with Gasteiger partial charge in [0.05, 0.1) is 29.1 Å². The van der Waals surface area contributed by atoms with Crippen molar-refractivity contribution in [3.63, 3.8) is 0 Å². The molecule has 0 saturated carbocycles. The van der Waals surface area contributed by atoms with Gasteiger partial charge < -0.3 is 15.0 Å². The van der Waals surface area contributed by atoms with E-state index in [-0.39, 0.29) is 24.9 Å². The quantitative estimate of drug-likeness (QED) is 0.279. The summed E-state index contributed by atoms with van der Waals surface area (Å²) in [5.41, 5.74) is 1.77. The molecule has 0 aliphatic rings. The van der Waals surface area contributed by atoms with Crippen molar-refractivity contribution < 1.29 is 22.7 Å². The molecule has 0 aliphatic carbocycles. The van der Waals surface area contributed by atoms with Crippen LogP contribution in [0.2, 0.25) is 10.0 Å². The first-order chi connectivity index (χ1) is 19.4. The molecule has 3 aromatic rings. The third-order valence-electron chi connectivity index (χ3n) is 6.65. The van der Waals surface area contributed by atoms with E-state index in [0.29, 0.717) is 33.5 Å². The number of halogens is 2. The molecule has 0 heterocycles. The predicted octanol–water partition coefficient (Wildman–Crippen LogP) is 5.32. The number of sulfonamides is 1. The second-order valence-corrected chi connectivity index (χ2v) is 12.5. The van der Waals surface area contributed by atoms with E-state index in [1.54, 1.807) is 42.5 Å². The van der Waals surface area contributed by atoms with Gasteiger partial charge in [0.1, 0.15) is 18.3 Å². The van der Waals surface area contributed by atoms with Crippen molar-refractivity contribution >= 4 is 50.7 Å². The lowest BCUT2D eigenvalue weighted by Crippen LogP contribution is -2.54. The summed E-state index contributed by atoms with van der Waals surface area (Å²) in [5.74, 6) is -0.357. The molecule has 3 rings (SSSR count). The average Bonchev–Trinajstić information content (AvgIpc) is 2.95. The molecule has 11 heteroatoms. The summed E-state index contributed by atoms with van der Waals surface area (Å²) in [6.45, 7) is 3.32. The van der Waals surface area contributed by atoms with E-state index in [4.69, 9.17) is 27.9 Å². The van der Waals surface area contributed by atoms with Gasteiger partial charge in [-0.05, 0) is 60.9 Å². The second-order valence-electron chi connectivity index (χ2n) is 9.76. The van der Waals surface area contributed by atoms with E-state index < -0.39 is 28.5 Å². The van der Waals surface area contributed by atoms with Crippen molar-refractivity contribution in [2.24, 2.45) is 0 Å². The highest BCUT2D eigenvalue weighted by Gasteiger charge is 2.33. The van der Waals surface area contributed by atoms with Crippen molar-refractivity contribution in [2.75, 3.05) is 24.2 Å². The van der Waals surface area contributed by atoms with E-state index in [1.165, 1.54) is 12.0 Å². The van der Waals surface area contributed by atoms with Gasteiger partial charge >= 0.3 is 0 Å². The van der Waals surface area contributed by atoms with Crippen LogP contribution >= 0.6 is 23.2 Å². The predicted molar refractivity (Wildman–Crippen MR) is 164 cm³/mol. The molecule has 3 aromatic carbocycles. The molecule has 0 aliphatic heterocycles. The molecule has 0 fully saturated rings. The molecule has 220 valence electrons. The van der Waals surface area contributed by atoms with Crippen molar-refractivity contribution in [1.29, 1.82) is 0 Å². The highest BCUT2D eigenvalue weighted by Crippen LogP contribution is 2.26. The van der Waals surface area contributed by atoms with E-state index in [1.807, 2.05) is 44.2 Å². The van der Waals surface area contributed by atoms with Crippen LogP contribution in [0.3, 0.4) is 0 Å². The normalized spacial score (nSPS) is 12.7. The van der Waals surface area contributed by atoms with Crippen molar-refractivity contribution in [3.05, 3.63) is 94.0 Å². The topological polar surface area (TPSA) is 96.0 Å². The first kappa shape index (κ1) is 32.2. The monoisotopic (exact) mass is 619 g/mol. The molecule has 0 saturated heterocycles. The maximum Gasteiger partial charge on any atom is 0.244 e. The highest BCUT2D eigenvalue weighted by atomic mass is 35.5. The van der Waals surface area contributed by atoms with Gasteiger partial charge in [-0.3, -0.25) is 13.9 Å². The Hall–Kier alpha value is -3.27. The Morgan fingerprint density at radius 1 is 0.951 bits per heavy atom. The summed E-state index contributed by atoms with van der Waals surface area (Å²) < 4.78 is 32.0. The van der Waals surface area contributed by atoms with Gasteiger partial charge in [-0.25, -0.2) is 8.42 Å². The fourth-order valence-corrected chi connectivity index (χ4v) is 5.36. The number of anilines is 1. The van der Waals surface area contributed by atoms with Crippen LogP contribution in [0.25, 0.3) is 0 Å². The van der Waals surface area contributed by atoms with Gasteiger partial charge in [0.15, 0.2) is 0 Å². The molecule has 0 aromatic heterocycles. The number of nitrogens with one attached hydrogen (secondary N) is 1. The minimum absolute atomic E-state index is 0.00135. The largest absolute Gasteiger partial charge is 0.497 e. The number of nitrogens with zero attached hydrogens (tertiary/aromatic N) is 2. The molecule has 41 heavy (non-hydrogen) atoms. The number of carbonyl (C=O) groups is 2. The van der Waals surface area contributed by atoms with E-state index in [0.717, 1.165) is 16.1 Å². The number of hydrogen-bond acceptors (Lipinski definition) is 5. The number of benzene rings is 3. The van der Waals surface area contributed by atoms with Crippen molar-refractivity contribution in [1.82, 2.24) is 10.2 Å². The van der Waals surface area contributed by atoms with E-state index >= 15 is 0 Å². The minimum Gasteiger partial charge on any atom is -0.497 e. The van der Waals surface area contributed by atoms with Gasteiger partial charge in [-0.1, -0.05) is 66.5 Å². The van der Waals surface area contributed by atoms with Crippen LogP contribution in [-0.2, 0) is 32.6 Å². The van der Waals surface area contributed by atoms with Crippen molar-refractivity contribution in [2.45, 2.75) is 45.3 Å². The molecular weight excluding hydrogens is 585 g/mol. The van der Waals surface area contributed by atoms with Gasteiger partial charge in [0.25, 0.3) is 0 Å². The molecule has 0 unspecified atom stereocenters. The van der Waals surface area contributed by atoms with Crippen LogP contribution in [0.15, 0.2) is 72.8 Å². The van der Waals surface area contributed by atoms with E-state index in [2.05, 4.69) is 5.32 Å². The number of ether oxygens (including phenoxy) is 1. The third kappa shape index (κ3) is 9.11. The summed E-state index contributed by atoms with van der Waals surface area (Å²) >= 11 is 12.4. The number of hydrogen-bond donors (Lipinski definition) is 1. The van der Waals surface area contributed by atoms with Crippen molar-refractivity contribution in [3.8, 4) is 5.75 Å². The fraction of sp³-hybridized carbons (Fsp3) is 0.333.